The molecule has 0 spiro atoms. The van der Waals surface area contributed by atoms with Crippen molar-refractivity contribution < 1.29 is 9.53 Å². The molecule has 0 saturated carbocycles. The fraction of sp³-hybridized carbons (Fsp3) is 0.250. The first-order valence-corrected chi connectivity index (χ1v) is 11.8. The third-order valence-corrected chi connectivity index (χ3v) is 6.07. The van der Waals surface area contributed by atoms with Gasteiger partial charge in [-0.15, -0.1) is 0 Å². The SMILES string of the molecule is CCOC(=O)C=C(c1ccc(Cn2c(CC)nc3c(C)cc(C)nc32)cc1)c1ccccc1Cl. The minimum Gasteiger partial charge on any atom is -0.463 e. The molecule has 0 radical (unpaired) electrons. The van der Waals surface area contributed by atoms with E-state index in [0.717, 1.165) is 56.9 Å². The zero-order chi connectivity index (χ0) is 24.2. The normalized spacial score (nSPS) is 11.7. The predicted octanol–water partition coefficient (Wildman–Crippen LogP) is 6.31. The molecule has 0 atom stereocenters. The van der Waals surface area contributed by atoms with Crippen LogP contribution in [-0.2, 0) is 22.5 Å². The van der Waals surface area contributed by atoms with Crippen LogP contribution in [0, 0.1) is 13.8 Å². The summed E-state index contributed by atoms with van der Waals surface area (Å²) in [5.41, 5.74) is 7.52. The van der Waals surface area contributed by atoms with E-state index in [1.54, 1.807) is 6.92 Å². The van der Waals surface area contributed by atoms with Crippen molar-refractivity contribution in [3.8, 4) is 0 Å². The molecule has 2 aromatic carbocycles. The van der Waals surface area contributed by atoms with Gasteiger partial charge in [-0.1, -0.05) is 61.0 Å². The number of pyridine rings is 1. The van der Waals surface area contributed by atoms with E-state index in [9.17, 15) is 4.79 Å². The first-order chi connectivity index (χ1) is 16.4. The van der Waals surface area contributed by atoms with Gasteiger partial charge in [-0.3, -0.25) is 0 Å². The van der Waals surface area contributed by atoms with Gasteiger partial charge in [0.05, 0.1) is 13.2 Å². The van der Waals surface area contributed by atoms with Crippen molar-refractivity contribution in [2.45, 2.75) is 40.7 Å². The summed E-state index contributed by atoms with van der Waals surface area (Å²) >= 11 is 6.46. The molecule has 0 N–H and O–H groups in total. The Hall–Kier alpha value is -3.44. The Morgan fingerprint density at radius 1 is 1.06 bits per heavy atom. The first kappa shape index (κ1) is 23.7. The van der Waals surface area contributed by atoms with E-state index in [0.29, 0.717) is 18.2 Å². The number of halogens is 1. The Morgan fingerprint density at radius 3 is 2.47 bits per heavy atom. The van der Waals surface area contributed by atoms with Crippen LogP contribution in [0.2, 0.25) is 5.02 Å². The summed E-state index contributed by atoms with van der Waals surface area (Å²) < 4.78 is 7.35. The van der Waals surface area contributed by atoms with Crippen molar-refractivity contribution in [3.63, 3.8) is 0 Å². The van der Waals surface area contributed by atoms with Gasteiger partial charge in [-0.25, -0.2) is 14.8 Å². The lowest BCUT2D eigenvalue weighted by atomic mass is 9.96. The molecule has 0 fully saturated rings. The number of hydrogen-bond donors (Lipinski definition) is 0. The number of ether oxygens (including phenoxy) is 1. The fourth-order valence-electron chi connectivity index (χ4n) is 4.15. The fourth-order valence-corrected chi connectivity index (χ4v) is 4.39. The molecule has 174 valence electrons. The average molecular weight is 474 g/mol. The van der Waals surface area contributed by atoms with Crippen molar-refractivity contribution >= 4 is 34.3 Å². The van der Waals surface area contributed by atoms with Gasteiger partial charge < -0.3 is 9.30 Å². The van der Waals surface area contributed by atoms with Crippen LogP contribution in [0.5, 0.6) is 0 Å². The second-order valence-corrected chi connectivity index (χ2v) is 8.61. The smallest absolute Gasteiger partial charge is 0.331 e. The van der Waals surface area contributed by atoms with Crippen molar-refractivity contribution in [3.05, 3.63) is 99.5 Å². The molecule has 0 aliphatic rings. The maximum absolute atomic E-state index is 12.3. The number of carbonyl (C=O) groups is 1. The number of carbonyl (C=O) groups excluding carboxylic acids is 1. The number of benzene rings is 2. The molecule has 4 aromatic rings. The van der Waals surface area contributed by atoms with E-state index in [-0.39, 0.29) is 0 Å². The zero-order valence-electron chi connectivity index (χ0n) is 19.9. The monoisotopic (exact) mass is 473 g/mol. The quantitative estimate of drug-likeness (QED) is 0.233. The Balaban J connectivity index is 1.71. The van der Waals surface area contributed by atoms with Crippen LogP contribution >= 0.6 is 11.6 Å². The van der Waals surface area contributed by atoms with Gasteiger partial charge in [0.2, 0.25) is 0 Å². The highest BCUT2D eigenvalue weighted by molar-refractivity contribution is 6.32. The third kappa shape index (κ3) is 4.90. The van der Waals surface area contributed by atoms with E-state index in [4.69, 9.17) is 26.3 Å². The Labute approximate surface area is 205 Å². The highest BCUT2D eigenvalue weighted by Gasteiger charge is 2.15. The Morgan fingerprint density at radius 2 is 1.79 bits per heavy atom. The van der Waals surface area contributed by atoms with E-state index < -0.39 is 5.97 Å². The summed E-state index contributed by atoms with van der Waals surface area (Å²) in [5, 5.41) is 0.580. The Bertz CT molecular complexity index is 1370. The van der Waals surface area contributed by atoms with Gasteiger partial charge in [0.1, 0.15) is 11.3 Å². The number of imidazole rings is 1. The second kappa shape index (κ2) is 10.2. The maximum Gasteiger partial charge on any atom is 0.331 e. The molecule has 4 rings (SSSR count). The molecular weight excluding hydrogens is 446 g/mol. The minimum atomic E-state index is -0.393. The molecule has 0 bridgehead atoms. The molecule has 6 heteroatoms. The van der Waals surface area contributed by atoms with Crippen LogP contribution in [0.25, 0.3) is 16.7 Å². The van der Waals surface area contributed by atoms with E-state index in [2.05, 4.69) is 36.6 Å². The van der Waals surface area contributed by atoms with Crippen LogP contribution < -0.4 is 0 Å². The number of rotatable bonds is 7. The second-order valence-electron chi connectivity index (χ2n) is 8.21. The van der Waals surface area contributed by atoms with Gasteiger partial charge in [-0.05, 0) is 55.2 Å². The lowest BCUT2D eigenvalue weighted by molar-refractivity contribution is -0.137. The van der Waals surface area contributed by atoms with Crippen molar-refractivity contribution in [1.82, 2.24) is 14.5 Å². The van der Waals surface area contributed by atoms with Crippen molar-refractivity contribution in [2.24, 2.45) is 0 Å². The largest absolute Gasteiger partial charge is 0.463 e. The van der Waals surface area contributed by atoms with E-state index in [1.807, 2.05) is 43.3 Å². The summed E-state index contributed by atoms with van der Waals surface area (Å²) in [6.07, 6.45) is 2.33. The van der Waals surface area contributed by atoms with Crippen molar-refractivity contribution in [1.29, 1.82) is 0 Å². The summed E-state index contributed by atoms with van der Waals surface area (Å²) in [7, 11) is 0. The Kier molecular flexibility index (Phi) is 7.13. The molecule has 0 unspecified atom stereocenters. The molecule has 0 aliphatic carbocycles. The van der Waals surface area contributed by atoms with Crippen LogP contribution in [0.1, 0.15) is 47.6 Å². The number of esters is 1. The van der Waals surface area contributed by atoms with Crippen LogP contribution in [0.3, 0.4) is 0 Å². The topological polar surface area (TPSA) is 57.0 Å². The average Bonchev–Trinajstić information content (AvgIpc) is 3.16. The van der Waals surface area contributed by atoms with Crippen LogP contribution in [0.15, 0.2) is 60.7 Å². The molecule has 0 aliphatic heterocycles. The number of hydrogen-bond acceptors (Lipinski definition) is 4. The number of fused-ring (bicyclic) bond motifs is 1. The van der Waals surface area contributed by atoms with E-state index >= 15 is 0 Å². The summed E-state index contributed by atoms with van der Waals surface area (Å²) in [5.74, 6) is 0.620. The maximum atomic E-state index is 12.3. The molecule has 2 aromatic heterocycles. The van der Waals surface area contributed by atoms with Gasteiger partial charge in [0.25, 0.3) is 0 Å². The van der Waals surface area contributed by atoms with Gasteiger partial charge in [0.15, 0.2) is 5.65 Å². The molecular formula is C28H28ClN3O2. The minimum absolute atomic E-state index is 0.315. The zero-order valence-corrected chi connectivity index (χ0v) is 20.7. The third-order valence-electron chi connectivity index (χ3n) is 5.74. The number of aryl methyl sites for hydroxylation is 3. The highest BCUT2D eigenvalue weighted by atomic mass is 35.5. The molecule has 5 nitrogen and oxygen atoms in total. The predicted molar refractivity (Wildman–Crippen MR) is 137 cm³/mol. The van der Waals surface area contributed by atoms with E-state index in [1.165, 1.54) is 6.08 Å². The van der Waals surface area contributed by atoms with Crippen LogP contribution in [-0.4, -0.2) is 27.1 Å². The van der Waals surface area contributed by atoms with Crippen LogP contribution in [0.4, 0.5) is 0 Å². The standard InChI is InChI=1S/C28H28ClN3O2/c1-5-25-31-27-18(3)15-19(4)30-28(27)32(25)17-20-11-13-21(14-12-20)23(16-26(33)34-6-2)22-9-7-8-10-24(22)29/h7-16H,5-6,17H2,1-4H3. The number of aromatic nitrogens is 3. The van der Waals surface area contributed by atoms with Gasteiger partial charge in [-0.2, -0.15) is 0 Å². The molecule has 34 heavy (non-hydrogen) atoms. The number of nitrogens with zero attached hydrogens (tertiary/aromatic N) is 3. The summed E-state index contributed by atoms with van der Waals surface area (Å²) in [6, 6.07) is 17.7. The summed E-state index contributed by atoms with van der Waals surface area (Å²) in [4.78, 5) is 21.9. The molecule has 0 saturated heterocycles. The van der Waals surface area contributed by atoms with Gasteiger partial charge >= 0.3 is 5.97 Å². The molecule has 2 heterocycles. The molecule has 0 amide bonds. The van der Waals surface area contributed by atoms with Crippen molar-refractivity contribution in [2.75, 3.05) is 6.61 Å². The summed E-state index contributed by atoms with van der Waals surface area (Å²) in [6.45, 7) is 8.97. The highest BCUT2D eigenvalue weighted by Crippen LogP contribution is 2.30. The lowest BCUT2D eigenvalue weighted by Crippen LogP contribution is -2.06. The first-order valence-electron chi connectivity index (χ1n) is 11.5. The van der Waals surface area contributed by atoms with Gasteiger partial charge in [0, 0.05) is 28.8 Å². The lowest BCUT2D eigenvalue weighted by Gasteiger charge is -2.12.